The minimum absolute atomic E-state index is 0.0582. The quantitative estimate of drug-likeness (QED) is 0.504. The summed E-state index contributed by atoms with van der Waals surface area (Å²) in [7, 11) is 1.79. The molecule has 0 spiro atoms. The van der Waals surface area contributed by atoms with Crippen molar-refractivity contribution >= 4 is 44.4 Å². The molecular formula is C21H17N3OS. The van der Waals surface area contributed by atoms with E-state index in [9.17, 15) is 4.79 Å². The molecule has 0 aliphatic carbocycles. The fraction of sp³-hybridized carbons (Fsp3) is 0.0952. The van der Waals surface area contributed by atoms with Crippen LogP contribution >= 0.6 is 11.3 Å². The van der Waals surface area contributed by atoms with E-state index >= 15 is 0 Å². The smallest absolute Gasteiger partial charge is 0.246 e. The molecule has 26 heavy (non-hydrogen) atoms. The van der Waals surface area contributed by atoms with Gasteiger partial charge < -0.3 is 4.90 Å². The Morgan fingerprint density at radius 1 is 1.12 bits per heavy atom. The van der Waals surface area contributed by atoms with E-state index in [-0.39, 0.29) is 5.91 Å². The van der Waals surface area contributed by atoms with Crippen LogP contribution in [0.3, 0.4) is 0 Å². The molecule has 4 aromatic rings. The zero-order valence-electron chi connectivity index (χ0n) is 14.3. The Balaban J connectivity index is 1.50. The average Bonchev–Trinajstić information content (AvgIpc) is 3.08. The Labute approximate surface area is 155 Å². The Morgan fingerprint density at radius 2 is 1.96 bits per heavy atom. The van der Waals surface area contributed by atoms with Gasteiger partial charge in [0, 0.05) is 30.3 Å². The average molecular weight is 359 g/mol. The molecule has 2 aromatic carbocycles. The van der Waals surface area contributed by atoms with Crippen molar-refractivity contribution in [3.8, 4) is 0 Å². The lowest BCUT2D eigenvalue weighted by molar-refractivity contribution is -0.125. The number of carbonyl (C=O) groups excluding carboxylic acids is 1. The predicted molar refractivity (Wildman–Crippen MR) is 107 cm³/mol. The van der Waals surface area contributed by atoms with Crippen LogP contribution in [0.5, 0.6) is 0 Å². The number of benzene rings is 2. The van der Waals surface area contributed by atoms with Crippen LogP contribution in [-0.2, 0) is 11.3 Å². The van der Waals surface area contributed by atoms with Crippen LogP contribution in [-0.4, -0.2) is 27.8 Å². The minimum atomic E-state index is -0.0582. The largest absolute Gasteiger partial charge is 0.335 e. The molecule has 0 saturated carbocycles. The highest BCUT2D eigenvalue weighted by molar-refractivity contribution is 7.18. The Hall–Kier alpha value is -3.05. The zero-order chi connectivity index (χ0) is 17.9. The number of likely N-dealkylation sites (N-methyl/N-ethyl adjacent to an activating group) is 1. The third-order valence-corrected chi connectivity index (χ3v) is 5.18. The van der Waals surface area contributed by atoms with Gasteiger partial charge in [-0.3, -0.25) is 9.78 Å². The number of rotatable bonds is 4. The Morgan fingerprint density at radius 3 is 2.85 bits per heavy atom. The SMILES string of the molecule is CN(Cc1nc2ccccc2s1)C(=O)/C=C/c1cccc2cccnc12. The van der Waals surface area contributed by atoms with Gasteiger partial charge in [0.05, 0.1) is 22.3 Å². The van der Waals surface area contributed by atoms with E-state index in [2.05, 4.69) is 9.97 Å². The van der Waals surface area contributed by atoms with Crippen LogP contribution in [0.2, 0.25) is 0 Å². The maximum Gasteiger partial charge on any atom is 0.246 e. The first-order valence-corrected chi connectivity index (χ1v) is 9.14. The zero-order valence-corrected chi connectivity index (χ0v) is 15.1. The first kappa shape index (κ1) is 16.4. The Kier molecular flexibility index (Phi) is 4.46. The lowest BCUT2D eigenvalue weighted by Crippen LogP contribution is -2.23. The van der Waals surface area contributed by atoms with Crippen molar-refractivity contribution < 1.29 is 4.79 Å². The van der Waals surface area contributed by atoms with Crippen LogP contribution in [0, 0.1) is 0 Å². The summed E-state index contributed by atoms with van der Waals surface area (Å²) in [4.78, 5) is 23.1. The van der Waals surface area contributed by atoms with Crippen LogP contribution in [0.25, 0.3) is 27.2 Å². The lowest BCUT2D eigenvalue weighted by atomic mass is 10.1. The van der Waals surface area contributed by atoms with Gasteiger partial charge in [-0.1, -0.05) is 36.4 Å². The molecule has 0 saturated heterocycles. The molecule has 2 aromatic heterocycles. The second-order valence-electron chi connectivity index (χ2n) is 6.03. The first-order valence-electron chi connectivity index (χ1n) is 8.32. The molecule has 5 heteroatoms. The van der Waals surface area contributed by atoms with Crippen LogP contribution in [0.4, 0.5) is 0 Å². The van der Waals surface area contributed by atoms with E-state index < -0.39 is 0 Å². The monoisotopic (exact) mass is 359 g/mol. The van der Waals surface area contributed by atoms with Gasteiger partial charge in [0.1, 0.15) is 5.01 Å². The third kappa shape index (κ3) is 3.34. The molecule has 128 valence electrons. The van der Waals surface area contributed by atoms with E-state index in [0.29, 0.717) is 6.54 Å². The summed E-state index contributed by atoms with van der Waals surface area (Å²) in [6, 6.07) is 17.9. The van der Waals surface area contributed by atoms with Crippen LogP contribution in [0.1, 0.15) is 10.6 Å². The van der Waals surface area contributed by atoms with Gasteiger partial charge in [0.2, 0.25) is 5.91 Å². The fourth-order valence-corrected chi connectivity index (χ4v) is 3.84. The van der Waals surface area contributed by atoms with Crippen LogP contribution in [0.15, 0.2) is 66.9 Å². The number of pyridine rings is 1. The summed E-state index contributed by atoms with van der Waals surface area (Å²) in [6.45, 7) is 0.496. The number of fused-ring (bicyclic) bond motifs is 2. The summed E-state index contributed by atoms with van der Waals surface area (Å²) >= 11 is 1.62. The molecule has 0 bridgehead atoms. The molecule has 4 rings (SSSR count). The molecule has 0 fully saturated rings. The summed E-state index contributed by atoms with van der Waals surface area (Å²) in [5.74, 6) is -0.0582. The number of para-hydroxylation sites is 2. The molecule has 0 aliphatic heterocycles. The van der Waals surface area contributed by atoms with E-state index in [0.717, 1.165) is 31.7 Å². The van der Waals surface area contributed by atoms with Crippen molar-refractivity contribution in [2.75, 3.05) is 7.05 Å². The van der Waals surface area contributed by atoms with Crippen molar-refractivity contribution in [2.24, 2.45) is 0 Å². The molecule has 0 radical (unpaired) electrons. The number of thiazole rings is 1. The summed E-state index contributed by atoms with van der Waals surface area (Å²) in [6.07, 6.45) is 5.18. The number of nitrogens with zero attached hydrogens (tertiary/aromatic N) is 3. The highest BCUT2D eigenvalue weighted by Gasteiger charge is 2.10. The van der Waals surface area contributed by atoms with Crippen molar-refractivity contribution in [1.82, 2.24) is 14.9 Å². The molecule has 0 unspecified atom stereocenters. The summed E-state index contributed by atoms with van der Waals surface area (Å²) < 4.78 is 1.14. The third-order valence-electron chi connectivity index (χ3n) is 4.16. The normalized spacial score (nSPS) is 11.4. The van der Waals surface area contributed by atoms with Gasteiger partial charge in [-0.25, -0.2) is 4.98 Å². The van der Waals surface area contributed by atoms with Gasteiger partial charge >= 0.3 is 0 Å². The van der Waals surface area contributed by atoms with Crippen molar-refractivity contribution in [3.63, 3.8) is 0 Å². The topological polar surface area (TPSA) is 46.1 Å². The second-order valence-corrected chi connectivity index (χ2v) is 7.14. The molecule has 0 aliphatic rings. The maximum atomic E-state index is 12.5. The Bertz CT molecular complexity index is 1080. The standard InChI is InChI=1S/C21H17N3OS/c1-24(14-19-23-17-9-2-3-10-18(17)26-19)20(25)12-11-16-7-4-6-15-8-5-13-22-21(15)16/h2-13H,14H2,1H3/b12-11+. The van der Waals surface area contributed by atoms with Crippen molar-refractivity contribution in [3.05, 3.63) is 77.4 Å². The number of carbonyl (C=O) groups is 1. The van der Waals surface area contributed by atoms with Crippen molar-refractivity contribution in [1.29, 1.82) is 0 Å². The number of amides is 1. The summed E-state index contributed by atoms with van der Waals surface area (Å²) in [5.41, 5.74) is 2.81. The van der Waals surface area contributed by atoms with Gasteiger partial charge in [-0.2, -0.15) is 0 Å². The fourth-order valence-electron chi connectivity index (χ4n) is 2.82. The molecule has 0 N–H and O–H groups in total. The van der Waals surface area contributed by atoms with E-state index in [1.54, 1.807) is 35.6 Å². The van der Waals surface area contributed by atoms with Gasteiger partial charge in [-0.15, -0.1) is 11.3 Å². The number of hydrogen-bond acceptors (Lipinski definition) is 4. The molecule has 1 amide bonds. The maximum absolute atomic E-state index is 12.5. The number of hydrogen-bond donors (Lipinski definition) is 0. The first-order chi connectivity index (χ1) is 12.7. The van der Waals surface area contributed by atoms with Crippen LogP contribution < -0.4 is 0 Å². The van der Waals surface area contributed by atoms with Gasteiger partial charge in [0.25, 0.3) is 0 Å². The van der Waals surface area contributed by atoms with Gasteiger partial charge in [-0.05, 0) is 24.3 Å². The van der Waals surface area contributed by atoms with E-state index in [1.807, 2.05) is 60.7 Å². The van der Waals surface area contributed by atoms with Gasteiger partial charge in [0.15, 0.2) is 0 Å². The number of aromatic nitrogens is 2. The molecule has 0 atom stereocenters. The minimum Gasteiger partial charge on any atom is -0.335 e. The second kappa shape index (κ2) is 7.06. The predicted octanol–water partition coefficient (Wildman–Crippen LogP) is 4.52. The van der Waals surface area contributed by atoms with E-state index in [1.165, 1.54) is 0 Å². The van der Waals surface area contributed by atoms with Crippen molar-refractivity contribution in [2.45, 2.75) is 6.54 Å². The highest BCUT2D eigenvalue weighted by Crippen LogP contribution is 2.22. The lowest BCUT2D eigenvalue weighted by Gasteiger charge is -2.12. The van der Waals surface area contributed by atoms with E-state index in [4.69, 9.17) is 0 Å². The molecular weight excluding hydrogens is 342 g/mol. The highest BCUT2D eigenvalue weighted by atomic mass is 32.1. The molecule has 2 heterocycles. The summed E-state index contributed by atoms with van der Waals surface area (Å²) in [5, 5.41) is 1.99. The molecule has 4 nitrogen and oxygen atoms in total.